The van der Waals surface area contributed by atoms with Gasteiger partial charge in [-0.3, -0.25) is 4.79 Å². The zero-order chi connectivity index (χ0) is 16.7. The maximum atomic E-state index is 14.3. The quantitative estimate of drug-likeness (QED) is 0.632. The number of halogens is 2. The van der Waals surface area contributed by atoms with Gasteiger partial charge in [-0.1, -0.05) is 0 Å². The molecule has 1 fully saturated rings. The molecule has 0 bridgehead atoms. The second kappa shape index (κ2) is 5.63. The summed E-state index contributed by atoms with van der Waals surface area (Å²) in [6, 6.07) is 1.99. The topological polar surface area (TPSA) is 44.8 Å². The minimum Gasteiger partial charge on any atom is -0.469 e. The highest BCUT2D eigenvalue weighted by atomic mass is 19.1. The van der Waals surface area contributed by atoms with E-state index in [1.165, 1.54) is 7.11 Å². The van der Waals surface area contributed by atoms with Gasteiger partial charge in [0, 0.05) is 11.0 Å². The summed E-state index contributed by atoms with van der Waals surface area (Å²) in [6.45, 7) is 7.31. The second-order valence-corrected chi connectivity index (χ2v) is 6.31. The van der Waals surface area contributed by atoms with Gasteiger partial charge in [0.15, 0.2) is 0 Å². The minimum absolute atomic E-state index is 0.0234. The lowest BCUT2D eigenvalue weighted by molar-refractivity contribution is -0.139. The molecule has 1 aromatic carbocycles. The second-order valence-electron chi connectivity index (χ2n) is 6.31. The minimum atomic E-state index is -0.994. The number of esters is 1. The zero-order valence-electron chi connectivity index (χ0n) is 13.3. The Morgan fingerprint density at radius 2 is 1.68 bits per heavy atom. The number of hydrogen-bond donors (Lipinski definition) is 0. The van der Waals surface area contributed by atoms with E-state index in [-0.39, 0.29) is 17.4 Å². The molecule has 0 amide bonds. The Morgan fingerprint density at radius 3 is 2.18 bits per heavy atom. The van der Waals surface area contributed by atoms with Crippen LogP contribution < -0.4 is 5.46 Å². The van der Waals surface area contributed by atoms with Crippen LogP contribution in [0.5, 0.6) is 0 Å². The molecule has 1 saturated heterocycles. The van der Waals surface area contributed by atoms with Gasteiger partial charge >= 0.3 is 13.1 Å². The molecule has 0 spiro atoms. The molecule has 0 radical (unpaired) electrons. The fourth-order valence-corrected chi connectivity index (χ4v) is 2.12. The molecule has 0 aromatic heterocycles. The average Bonchev–Trinajstić information content (AvgIpc) is 2.62. The van der Waals surface area contributed by atoms with Crippen molar-refractivity contribution >= 4 is 18.6 Å². The van der Waals surface area contributed by atoms with Crippen LogP contribution in [-0.4, -0.2) is 31.4 Å². The number of rotatable bonds is 3. The van der Waals surface area contributed by atoms with Crippen LogP contribution in [0.2, 0.25) is 0 Å². The fraction of sp³-hybridized carbons (Fsp3) is 0.533. The molecule has 0 aliphatic carbocycles. The van der Waals surface area contributed by atoms with Gasteiger partial charge in [0.1, 0.15) is 11.6 Å². The van der Waals surface area contributed by atoms with Crippen molar-refractivity contribution in [3.8, 4) is 0 Å². The highest BCUT2D eigenvalue weighted by Gasteiger charge is 2.52. The third-order valence-electron chi connectivity index (χ3n) is 4.24. The lowest BCUT2D eigenvalue weighted by Gasteiger charge is -2.32. The molecule has 1 aliphatic rings. The number of benzene rings is 1. The lowest BCUT2D eigenvalue weighted by Crippen LogP contribution is -2.41. The molecule has 2 rings (SSSR count). The Balaban J connectivity index is 2.31. The molecule has 1 aliphatic heterocycles. The Morgan fingerprint density at radius 1 is 1.14 bits per heavy atom. The van der Waals surface area contributed by atoms with Crippen LogP contribution in [0.15, 0.2) is 12.1 Å². The molecule has 0 N–H and O–H groups in total. The van der Waals surface area contributed by atoms with E-state index < -0.39 is 35.9 Å². The number of carbonyl (C=O) groups is 1. The van der Waals surface area contributed by atoms with Crippen LogP contribution in [-0.2, 0) is 25.3 Å². The molecule has 120 valence electrons. The van der Waals surface area contributed by atoms with E-state index in [0.29, 0.717) is 0 Å². The van der Waals surface area contributed by atoms with Gasteiger partial charge in [-0.25, -0.2) is 8.78 Å². The van der Waals surface area contributed by atoms with Crippen molar-refractivity contribution in [1.29, 1.82) is 0 Å². The summed E-state index contributed by atoms with van der Waals surface area (Å²) in [6.07, 6.45) is -0.330. The van der Waals surface area contributed by atoms with E-state index in [1.54, 1.807) is 0 Å². The van der Waals surface area contributed by atoms with Crippen molar-refractivity contribution in [2.75, 3.05) is 7.11 Å². The number of carbonyl (C=O) groups excluding carboxylic acids is 1. The monoisotopic (exact) mass is 312 g/mol. The van der Waals surface area contributed by atoms with Gasteiger partial charge in [0.2, 0.25) is 0 Å². The first-order chi connectivity index (χ1) is 10.1. The van der Waals surface area contributed by atoms with Crippen molar-refractivity contribution < 1.29 is 27.6 Å². The Kier molecular flexibility index (Phi) is 4.32. The average molecular weight is 312 g/mol. The standard InChI is InChI=1S/C15H19BF2O4/c1-14(2)15(3,4)22-16(21-14)10-8-11(17)9(6-12(10)18)7-13(19)20-5/h6,8H,7H2,1-5H3. The summed E-state index contributed by atoms with van der Waals surface area (Å²) in [5.74, 6) is -2.02. The van der Waals surface area contributed by atoms with Crippen LogP contribution >= 0.6 is 0 Å². The molecule has 1 heterocycles. The first-order valence-corrected chi connectivity index (χ1v) is 6.97. The highest BCUT2D eigenvalue weighted by molar-refractivity contribution is 6.62. The largest absolute Gasteiger partial charge is 0.497 e. The van der Waals surface area contributed by atoms with Crippen LogP contribution in [0.3, 0.4) is 0 Å². The lowest BCUT2D eigenvalue weighted by atomic mass is 9.78. The van der Waals surface area contributed by atoms with E-state index in [4.69, 9.17) is 9.31 Å². The van der Waals surface area contributed by atoms with Crippen molar-refractivity contribution in [3.05, 3.63) is 29.3 Å². The Bertz CT molecular complexity index is 585. The zero-order valence-corrected chi connectivity index (χ0v) is 13.3. The third-order valence-corrected chi connectivity index (χ3v) is 4.24. The van der Waals surface area contributed by atoms with Gasteiger partial charge in [-0.05, 0) is 39.8 Å². The molecule has 0 saturated carbocycles. The Labute approximate surface area is 128 Å². The van der Waals surface area contributed by atoms with E-state index in [9.17, 15) is 13.6 Å². The summed E-state index contributed by atoms with van der Waals surface area (Å²) in [5, 5.41) is 0. The van der Waals surface area contributed by atoms with Gasteiger partial charge in [0.25, 0.3) is 0 Å². The van der Waals surface area contributed by atoms with Gasteiger partial charge in [-0.2, -0.15) is 0 Å². The van der Waals surface area contributed by atoms with Crippen LogP contribution in [0.1, 0.15) is 33.3 Å². The number of methoxy groups -OCH3 is 1. The van der Waals surface area contributed by atoms with Crippen molar-refractivity contribution in [2.45, 2.75) is 45.3 Å². The smallest absolute Gasteiger partial charge is 0.469 e. The van der Waals surface area contributed by atoms with Gasteiger partial charge in [0.05, 0.1) is 24.7 Å². The summed E-state index contributed by atoms with van der Waals surface area (Å²) in [4.78, 5) is 11.2. The third kappa shape index (κ3) is 3.01. The summed E-state index contributed by atoms with van der Waals surface area (Å²) in [5.41, 5.74) is -1.38. The van der Waals surface area contributed by atoms with Crippen molar-refractivity contribution in [1.82, 2.24) is 0 Å². The molecule has 0 atom stereocenters. The van der Waals surface area contributed by atoms with Crippen molar-refractivity contribution in [2.24, 2.45) is 0 Å². The van der Waals surface area contributed by atoms with Crippen molar-refractivity contribution in [3.63, 3.8) is 0 Å². The molecular formula is C15H19BF2O4. The highest BCUT2D eigenvalue weighted by Crippen LogP contribution is 2.36. The summed E-state index contributed by atoms with van der Waals surface area (Å²) >= 11 is 0. The molecule has 0 unspecified atom stereocenters. The van der Waals surface area contributed by atoms with Gasteiger partial charge in [-0.15, -0.1) is 0 Å². The van der Waals surface area contributed by atoms with E-state index in [1.807, 2.05) is 27.7 Å². The molecule has 1 aromatic rings. The van der Waals surface area contributed by atoms with Crippen LogP contribution in [0.25, 0.3) is 0 Å². The molecule has 4 nitrogen and oxygen atoms in total. The van der Waals surface area contributed by atoms with Crippen LogP contribution in [0, 0.1) is 11.6 Å². The number of ether oxygens (including phenoxy) is 1. The SMILES string of the molecule is COC(=O)Cc1cc(F)c(B2OC(C)(C)C(C)(C)O2)cc1F. The Hall–Kier alpha value is -1.47. The first kappa shape index (κ1) is 16.9. The molecule has 7 heteroatoms. The van der Waals surface area contributed by atoms with Gasteiger partial charge < -0.3 is 14.0 Å². The molecule has 22 heavy (non-hydrogen) atoms. The predicted molar refractivity (Wildman–Crippen MR) is 77.8 cm³/mol. The van der Waals surface area contributed by atoms with E-state index >= 15 is 0 Å². The maximum absolute atomic E-state index is 14.3. The normalized spacial score (nSPS) is 19.3. The van der Waals surface area contributed by atoms with E-state index in [0.717, 1.165) is 12.1 Å². The van der Waals surface area contributed by atoms with E-state index in [2.05, 4.69) is 4.74 Å². The predicted octanol–water partition coefficient (Wildman–Crippen LogP) is 1.98. The fourth-order valence-electron chi connectivity index (χ4n) is 2.12. The maximum Gasteiger partial charge on any atom is 0.497 e. The number of hydrogen-bond acceptors (Lipinski definition) is 4. The van der Waals surface area contributed by atoms with Crippen LogP contribution in [0.4, 0.5) is 8.78 Å². The summed E-state index contributed by atoms with van der Waals surface area (Å²) < 4.78 is 44.2. The summed E-state index contributed by atoms with van der Waals surface area (Å²) in [7, 11) is 0.196. The molecular weight excluding hydrogens is 293 g/mol. The first-order valence-electron chi connectivity index (χ1n) is 6.97.